The molecular weight excluding hydrogens is 498 g/mol. The summed E-state index contributed by atoms with van der Waals surface area (Å²) in [7, 11) is -4.25. The van der Waals surface area contributed by atoms with Crippen molar-refractivity contribution in [1.29, 1.82) is 0 Å². The maximum atomic E-state index is 14.0. The first-order chi connectivity index (χ1) is 16.3. The first kappa shape index (κ1) is 26.5. The predicted molar refractivity (Wildman–Crippen MR) is 118 cm³/mol. The van der Waals surface area contributed by atoms with Crippen LogP contribution in [0, 0.1) is 0 Å². The number of nitrogens with zero attached hydrogens (tertiary/aromatic N) is 2. The van der Waals surface area contributed by atoms with Gasteiger partial charge in [-0.2, -0.15) is 26.3 Å². The lowest BCUT2D eigenvalue weighted by atomic mass is 10.1. The number of ether oxygens (including phenoxy) is 1. The van der Waals surface area contributed by atoms with Gasteiger partial charge in [-0.15, -0.1) is 0 Å². The maximum Gasteiger partial charge on any atom is 0.417 e. The molecule has 1 heterocycles. The third kappa shape index (κ3) is 6.43. The van der Waals surface area contributed by atoms with Crippen LogP contribution in [-0.4, -0.2) is 69.7 Å². The fourth-order valence-electron chi connectivity index (χ4n) is 5.38. The molecule has 5 nitrogen and oxygen atoms in total. The zero-order valence-electron chi connectivity index (χ0n) is 19.2. The molecule has 0 aromatic heterocycles. The number of sulfone groups is 1. The van der Waals surface area contributed by atoms with E-state index in [1.165, 1.54) is 11.0 Å². The van der Waals surface area contributed by atoms with Gasteiger partial charge in [-0.05, 0) is 50.3 Å². The molecule has 2 aliphatic carbocycles. The Morgan fingerprint density at radius 3 is 2.14 bits per heavy atom. The van der Waals surface area contributed by atoms with Gasteiger partial charge in [-0.3, -0.25) is 4.90 Å². The Bertz CT molecular complexity index is 984. The highest BCUT2D eigenvalue weighted by molar-refractivity contribution is 7.92. The minimum absolute atomic E-state index is 0.0470. The van der Waals surface area contributed by atoms with Crippen molar-refractivity contribution in [1.82, 2.24) is 4.90 Å². The third-order valence-electron chi connectivity index (χ3n) is 7.18. The molecule has 0 unspecified atom stereocenters. The van der Waals surface area contributed by atoms with Crippen LogP contribution in [0.1, 0.15) is 50.5 Å². The van der Waals surface area contributed by atoms with Gasteiger partial charge >= 0.3 is 12.4 Å². The Hall–Kier alpha value is -1.53. The summed E-state index contributed by atoms with van der Waals surface area (Å²) in [5.41, 5.74) is -1.08. The summed E-state index contributed by atoms with van der Waals surface area (Å²) in [6.45, 7) is -0.750. The average molecular weight is 529 g/mol. The highest BCUT2D eigenvalue weighted by Crippen LogP contribution is 2.41. The van der Waals surface area contributed by atoms with Crippen molar-refractivity contribution >= 4 is 15.5 Å². The molecule has 0 bridgehead atoms. The molecule has 1 aromatic rings. The van der Waals surface area contributed by atoms with Crippen molar-refractivity contribution in [2.45, 2.75) is 79.7 Å². The summed E-state index contributed by atoms with van der Waals surface area (Å²) in [5.74, 6) is 0. The zero-order valence-corrected chi connectivity index (χ0v) is 20.1. The second-order valence-corrected chi connectivity index (χ2v) is 11.9. The lowest BCUT2D eigenvalue weighted by Crippen LogP contribution is -2.49. The molecule has 0 N–H and O–H groups in total. The van der Waals surface area contributed by atoms with Crippen molar-refractivity contribution in [3.05, 3.63) is 23.8 Å². The maximum absolute atomic E-state index is 14.0. The second kappa shape index (κ2) is 10.1. The number of anilines is 1. The lowest BCUT2D eigenvalue weighted by Gasteiger charge is -2.36. The van der Waals surface area contributed by atoms with Crippen molar-refractivity contribution < 1.29 is 39.5 Å². The Balaban J connectivity index is 1.49. The van der Waals surface area contributed by atoms with E-state index in [2.05, 4.69) is 0 Å². The van der Waals surface area contributed by atoms with Crippen LogP contribution in [0.25, 0.3) is 0 Å². The first-order valence-corrected chi connectivity index (χ1v) is 13.5. The van der Waals surface area contributed by atoms with Crippen molar-refractivity contribution in [2.75, 3.05) is 37.6 Å². The van der Waals surface area contributed by atoms with E-state index < -0.39 is 44.4 Å². The normalized spacial score (nSPS) is 25.5. The molecule has 0 amide bonds. The number of rotatable bonds is 6. The zero-order chi connectivity index (χ0) is 25.4. The second-order valence-electron chi connectivity index (χ2n) is 9.70. The number of halogens is 6. The molecule has 1 aromatic carbocycles. The molecule has 35 heavy (non-hydrogen) atoms. The van der Waals surface area contributed by atoms with Gasteiger partial charge in [0.05, 0.1) is 34.5 Å². The molecular formula is C23H30F6N2O3S. The Labute approximate surface area is 201 Å². The van der Waals surface area contributed by atoms with E-state index in [0.29, 0.717) is 6.42 Å². The van der Waals surface area contributed by atoms with Gasteiger partial charge in [-0.1, -0.05) is 12.8 Å². The van der Waals surface area contributed by atoms with E-state index >= 15 is 0 Å². The molecule has 12 heteroatoms. The molecule has 1 aliphatic heterocycles. The molecule has 4 rings (SSSR count). The van der Waals surface area contributed by atoms with Gasteiger partial charge in [0, 0.05) is 31.9 Å². The minimum Gasteiger partial charge on any atom is -0.375 e. The molecule has 2 atom stereocenters. The van der Waals surface area contributed by atoms with Crippen LogP contribution < -0.4 is 4.90 Å². The Kier molecular flexibility index (Phi) is 7.64. The van der Waals surface area contributed by atoms with Crippen molar-refractivity contribution in [3.63, 3.8) is 0 Å². The predicted octanol–water partition coefficient (Wildman–Crippen LogP) is 5.04. The van der Waals surface area contributed by atoms with E-state index in [4.69, 9.17) is 4.74 Å². The Morgan fingerprint density at radius 2 is 1.54 bits per heavy atom. The minimum atomic E-state index is -4.89. The van der Waals surface area contributed by atoms with Crippen LogP contribution in [0.15, 0.2) is 23.1 Å². The molecule has 1 saturated heterocycles. The standard InChI is InChI=1S/C23H30F6N2O3S/c24-22(25,26)15-30-9-11-31(12-10-30)16-5-8-21(20(13-16)23(27,28)29)35(32,33)19-7-6-18(14-19)34-17-3-1-2-4-17/h5,8,13,17-19H,1-4,6-7,9-12,14-15H2/t18-,19-/m1/s1. The van der Waals surface area contributed by atoms with Crippen molar-refractivity contribution in [3.8, 4) is 0 Å². The Morgan fingerprint density at radius 1 is 0.886 bits per heavy atom. The number of piperazine rings is 1. The molecule has 0 spiro atoms. The van der Waals surface area contributed by atoms with Crippen LogP contribution in [0.5, 0.6) is 0 Å². The van der Waals surface area contributed by atoms with Crippen LogP contribution in [0.2, 0.25) is 0 Å². The summed E-state index contributed by atoms with van der Waals surface area (Å²) < 4.78 is 112. The largest absolute Gasteiger partial charge is 0.417 e. The lowest BCUT2D eigenvalue weighted by molar-refractivity contribution is -0.146. The van der Waals surface area contributed by atoms with E-state index in [1.54, 1.807) is 4.90 Å². The van der Waals surface area contributed by atoms with Gasteiger partial charge in [-0.25, -0.2) is 8.42 Å². The number of alkyl halides is 6. The molecule has 0 radical (unpaired) electrons. The average Bonchev–Trinajstić information content (AvgIpc) is 3.45. The van der Waals surface area contributed by atoms with Crippen LogP contribution >= 0.6 is 0 Å². The monoisotopic (exact) mass is 528 g/mol. The summed E-state index contributed by atoms with van der Waals surface area (Å²) in [6, 6.07) is 3.14. The summed E-state index contributed by atoms with van der Waals surface area (Å²) in [6.07, 6.45) is -4.48. The number of benzene rings is 1. The van der Waals surface area contributed by atoms with E-state index in [9.17, 15) is 34.8 Å². The molecule has 3 fully saturated rings. The number of hydrogen-bond acceptors (Lipinski definition) is 5. The van der Waals surface area contributed by atoms with Gasteiger partial charge in [0.15, 0.2) is 9.84 Å². The van der Waals surface area contributed by atoms with Gasteiger partial charge in [0.2, 0.25) is 0 Å². The van der Waals surface area contributed by atoms with Crippen molar-refractivity contribution in [2.24, 2.45) is 0 Å². The van der Waals surface area contributed by atoms with Crippen LogP contribution in [0.4, 0.5) is 32.0 Å². The van der Waals surface area contributed by atoms with Crippen LogP contribution in [-0.2, 0) is 20.8 Å². The summed E-state index contributed by atoms with van der Waals surface area (Å²) >= 11 is 0. The van der Waals surface area contributed by atoms with E-state index in [0.717, 1.165) is 37.8 Å². The van der Waals surface area contributed by atoms with E-state index in [-0.39, 0.29) is 56.9 Å². The van der Waals surface area contributed by atoms with E-state index in [1.807, 2.05) is 0 Å². The third-order valence-corrected chi connectivity index (χ3v) is 9.45. The van der Waals surface area contributed by atoms with Gasteiger partial charge in [0.1, 0.15) is 0 Å². The smallest absolute Gasteiger partial charge is 0.375 e. The summed E-state index contributed by atoms with van der Waals surface area (Å²) in [5, 5.41) is -0.938. The molecule has 198 valence electrons. The van der Waals surface area contributed by atoms with Gasteiger partial charge in [0.25, 0.3) is 0 Å². The number of hydrogen-bond donors (Lipinski definition) is 0. The SMILES string of the molecule is O=S(=O)(c1ccc(N2CCN(CC(F)(F)F)CC2)cc1C(F)(F)F)[C@@H]1CC[C@@H](OC2CCCC2)C1. The summed E-state index contributed by atoms with van der Waals surface area (Å²) in [4.78, 5) is 2.01. The van der Waals surface area contributed by atoms with Gasteiger partial charge < -0.3 is 9.64 Å². The highest BCUT2D eigenvalue weighted by atomic mass is 32.2. The first-order valence-electron chi connectivity index (χ1n) is 12.0. The molecule has 2 saturated carbocycles. The fourth-order valence-corrected chi connectivity index (χ4v) is 7.40. The highest BCUT2D eigenvalue weighted by Gasteiger charge is 2.43. The quantitative estimate of drug-likeness (QED) is 0.484. The topological polar surface area (TPSA) is 49.9 Å². The fraction of sp³-hybridized carbons (Fsp3) is 0.739. The molecule has 3 aliphatic rings. The van der Waals surface area contributed by atoms with Crippen LogP contribution in [0.3, 0.4) is 0 Å².